The molecule has 4 nitrogen and oxygen atoms in total. The molecule has 0 fully saturated rings. The van der Waals surface area contributed by atoms with Crippen molar-refractivity contribution in [2.45, 2.75) is 0 Å². The Morgan fingerprint density at radius 3 is 2.45 bits per heavy atom. The molecule has 138 valence electrons. The first-order valence-corrected chi connectivity index (χ1v) is 13.3. The number of carbonyl (C=O) groups is 2. The van der Waals surface area contributed by atoms with Crippen LogP contribution in [0.4, 0.5) is 0 Å². The second kappa shape index (κ2) is 6.52. The first-order chi connectivity index (χ1) is 14.2. The van der Waals surface area contributed by atoms with Crippen molar-refractivity contribution in [3.05, 3.63) is 85.1 Å². The van der Waals surface area contributed by atoms with Gasteiger partial charge in [0.2, 0.25) is 0 Å². The molecule has 1 aromatic carbocycles. The molecule has 4 aromatic heterocycles. The predicted octanol–water partition coefficient (Wildman–Crippen LogP) is 3.76. The van der Waals surface area contributed by atoms with Crippen molar-refractivity contribution in [2.24, 2.45) is 0 Å². The average Bonchev–Trinajstić information content (AvgIpc) is 3.50. The number of rotatable bonds is 2. The fourth-order valence-electron chi connectivity index (χ4n) is 3.78. The Labute approximate surface area is 181 Å². The zero-order chi connectivity index (χ0) is 19.5. The number of carbonyl (C=O) groups excluding carboxylic acids is 2. The maximum atomic E-state index is 12.9. The van der Waals surface area contributed by atoms with Gasteiger partial charge in [0.05, 0.1) is 0 Å². The molecule has 0 spiro atoms. The van der Waals surface area contributed by atoms with Crippen molar-refractivity contribution in [3.63, 3.8) is 0 Å². The molecular formula is C23H12N2O2SeTe. The molecule has 1 aliphatic carbocycles. The molecule has 0 saturated heterocycles. The summed E-state index contributed by atoms with van der Waals surface area (Å²) in [5, 5.41) is 3.27. The van der Waals surface area contributed by atoms with Crippen LogP contribution in [0.25, 0.3) is 31.5 Å². The molecule has 0 aliphatic heterocycles. The van der Waals surface area contributed by atoms with Crippen LogP contribution >= 0.6 is 0 Å². The minimum absolute atomic E-state index is 0.139. The first-order valence-electron chi connectivity index (χ1n) is 9.01. The summed E-state index contributed by atoms with van der Waals surface area (Å²) in [6.45, 7) is 0. The molecule has 5 aromatic rings. The van der Waals surface area contributed by atoms with Gasteiger partial charge in [-0.2, -0.15) is 0 Å². The molecule has 0 amide bonds. The van der Waals surface area contributed by atoms with E-state index >= 15 is 0 Å². The van der Waals surface area contributed by atoms with Crippen LogP contribution in [0, 0.1) is 0 Å². The van der Waals surface area contributed by atoms with E-state index in [-0.39, 0.29) is 11.6 Å². The Morgan fingerprint density at radius 1 is 0.931 bits per heavy atom. The zero-order valence-corrected chi connectivity index (χ0v) is 19.0. The van der Waals surface area contributed by atoms with Crippen LogP contribution < -0.4 is 0 Å². The number of ketones is 2. The zero-order valence-electron chi connectivity index (χ0n) is 15.0. The number of aromatic nitrogens is 2. The number of nitrogens with zero attached hydrogens (tertiary/aromatic N) is 2. The van der Waals surface area contributed by atoms with Crippen LogP contribution in [0.1, 0.15) is 24.3 Å². The van der Waals surface area contributed by atoms with Gasteiger partial charge in [-0.05, 0) is 0 Å². The molecule has 6 heteroatoms. The van der Waals surface area contributed by atoms with E-state index in [1.165, 1.54) is 3.70 Å². The van der Waals surface area contributed by atoms with Gasteiger partial charge in [-0.15, -0.1) is 0 Å². The third-order valence-corrected chi connectivity index (χ3v) is 9.80. The average molecular weight is 555 g/mol. The molecule has 1 aliphatic rings. The summed E-state index contributed by atoms with van der Waals surface area (Å²) >= 11 is -0.369. The Kier molecular flexibility index (Phi) is 3.91. The van der Waals surface area contributed by atoms with E-state index in [1.807, 2.05) is 36.5 Å². The van der Waals surface area contributed by atoms with Crippen molar-refractivity contribution >= 4 is 74.3 Å². The summed E-state index contributed by atoms with van der Waals surface area (Å²) in [6.07, 6.45) is 7.54. The standard InChI is InChI=1S/C23H12N2O2SeTe/c26-22-17-7-14-11-28-12-15(14)8-18(17)23(27)19(22)9-16-1-2-21(29-16)25-6-4-13-10-24-5-3-20(13)25/h1-12H. The summed E-state index contributed by atoms with van der Waals surface area (Å²) in [5.41, 5.74) is 2.54. The van der Waals surface area contributed by atoms with Crippen molar-refractivity contribution in [2.75, 3.05) is 0 Å². The number of hydrogen-bond acceptors (Lipinski definition) is 3. The molecule has 4 heterocycles. The summed E-state index contributed by atoms with van der Waals surface area (Å²) < 4.78 is 4.52. The molecular weight excluding hydrogens is 543 g/mol. The summed E-state index contributed by atoms with van der Waals surface area (Å²) in [7, 11) is 0. The van der Waals surface area contributed by atoms with Gasteiger partial charge in [0, 0.05) is 0 Å². The van der Waals surface area contributed by atoms with E-state index in [9.17, 15) is 9.59 Å². The van der Waals surface area contributed by atoms with Gasteiger partial charge in [-0.3, -0.25) is 0 Å². The Bertz CT molecular complexity index is 1450. The fraction of sp³-hybridized carbons (Fsp3) is 0. The molecule has 0 radical (unpaired) electrons. The van der Waals surface area contributed by atoms with E-state index in [4.69, 9.17) is 0 Å². The second-order valence-electron chi connectivity index (χ2n) is 6.91. The summed E-state index contributed by atoms with van der Waals surface area (Å²) in [6, 6.07) is 12.0. The number of benzene rings is 1. The Hall–Kier alpha value is -2.48. The minimum atomic E-state index is -0.692. The van der Waals surface area contributed by atoms with Crippen molar-refractivity contribution in [1.82, 2.24) is 9.55 Å². The summed E-state index contributed by atoms with van der Waals surface area (Å²) in [5.74, 6) is -0.278. The predicted molar refractivity (Wildman–Crippen MR) is 116 cm³/mol. The molecule has 29 heavy (non-hydrogen) atoms. The molecule has 0 unspecified atom stereocenters. The molecule has 0 saturated carbocycles. The number of fused-ring (bicyclic) bond motifs is 3. The second-order valence-corrected chi connectivity index (χ2v) is 11.6. The number of pyridine rings is 1. The maximum absolute atomic E-state index is 12.9. The van der Waals surface area contributed by atoms with E-state index in [0.717, 1.165) is 25.3 Å². The molecule has 0 N–H and O–H groups in total. The van der Waals surface area contributed by atoms with E-state index in [0.29, 0.717) is 31.2 Å². The van der Waals surface area contributed by atoms with Crippen molar-refractivity contribution < 1.29 is 9.59 Å². The van der Waals surface area contributed by atoms with Crippen molar-refractivity contribution in [1.29, 1.82) is 0 Å². The summed E-state index contributed by atoms with van der Waals surface area (Å²) in [4.78, 5) is 34.3. The first kappa shape index (κ1) is 17.4. The topological polar surface area (TPSA) is 52.0 Å². The van der Waals surface area contributed by atoms with E-state index in [2.05, 4.69) is 37.8 Å². The Balaban J connectivity index is 1.41. The van der Waals surface area contributed by atoms with Crippen LogP contribution in [0.3, 0.4) is 0 Å². The number of allylic oxidation sites excluding steroid dienone is 1. The van der Waals surface area contributed by atoms with Gasteiger partial charge in [0.15, 0.2) is 0 Å². The Morgan fingerprint density at radius 2 is 1.69 bits per heavy atom. The monoisotopic (exact) mass is 558 g/mol. The SMILES string of the molecule is O=C1C(=Cc2ccc(-n3ccc4cnccc43)[te]2)C(=O)c2cc3c[se]cc3cc21. The van der Waals surface area contributed by atoms with Crippen LogP contribution in [0.5, 0.6) is 0 Å². The third-order valence-electron chi connectivity index (χ3n) is 5.22. The van der Waals surface area contributed by atoms with E-state index < -0.39 is 20.4 Å². The van der Waals surface area contributed by atoms with Crippen LogP contribution in [-0.4, -0.2) is 56.1 Å². The molecule has 0 bridgehead atoms. The van der Waals surface area contributed by atoms with Gasteiger partial charge in [0.1, 0.15) is 0 Å². The third kappa shape index (κ3) is 2.68. The van der Waals surface area contributed by atoms with E-state index in [1.54, 1.807) is 6.20 Å². The number of hydrogen-bond donors (Lipinski definition) is 0. The number of Topliss-reactive ketones (excluding diaryl/α,β-unsaturated/α-hetero) is 2. The van der Waals surface area contributed by atoms with Gasteiger partial charge >= 0.3 is 182 Å². The molecule has 6 rings (SSSR count). The fourth-order valence-corrected chi connectivity index (χ4v) is 8.10. The van der Waals surface area contributed by atoms with Gasteiger partial charge in [-0.1, -0.05) is 0 Å². The van der Waals surface area contributed by atoms with Crippen LogP contribution in [-0.2, 0) is 0 Å². The van der Waals surface area contributed by atoms with Gasteiger partial charge in [-0.25, -0.2) is 0 Å². The van der Waals surface area contributed by atoms with Crippen LogP contribution in [0.15, 0.2) is 70.4 Å². The normalized spacial score (nSPS) is 13.6. The van der Waals surface area contributed by atoms with Crippen LogP contribution in [0.2, 0.25) is 0 Å². The quantitative estimate of drug-likeness (QED) is 0.190. The molecule has 0 atom stereocenters. The van der Waals surface area contributed by atoms with Gasteiger partial charge < -0.3 is 0 Å². The van der Waals surface area contributed by atoms with Gasteiger partial charge in [0.25, 0.3) is 0 Å². The van der Waals surface area contributed by atoms with Crippen molar-refractivity contribution in [3.8, 4) is 3.70 Å².